The SMILES string of the molecule is CCOC(=O)CC(NC(=O)CCOc1ccc(F)cc1)c1ccccc1. The number of benzene rings is 2. The van der Waals surface area contributed by atoms with Gasteiger partial charge in [0.05, 0.1) is 32.1 Å². The fourth-order valence-electron chi connectivity index (χ4n) is 2.38. The summed E-state index contributed by atoms with van der Waals surface area (Å²) in [6.07, 6.45) is 0.173. The van der Waals surface area contributed by atoms with Crippen molar-refractivity contribution >= 4 is 11.9 Å². The third-order valence-electron chi connectivity index (χ3n) is 3.62. The highest BCUT2D eigenvalue weighted by Crippen LogP contribution is 2.18. The molecule has 0 fully saturated rings. The number of halogens is 1. The number of nitrogens with one attached hydrogen (secondary N) is 1. The molecular weight excluding hydrogens is 337 g/mol. The largest absolute Gasteiger partial charge is 0.493 e. The molecule has 0 radical (unpaired) electrons. The molecule has 2 rings (SSSR count). The predicted octanol–water partition coefficient (Wildman–Crippen LogP) is 3.41. The molecule has 0 saturated carbocycles. The number of amides is 1. The first-order valence-electron chi connectivity index (χ1n) is 8.46. The topological polar surface area (TPSA) is 64.6 Å². The molecule has 26 heavy (non-hydrogen) atoms. The number of esters is 1. The molecule has 1 unspecified atom stereocenters. The molecule has 0 bridgehead atoms. The van der Waals surface area contributed by atoms with Gasteiger partial charge in [-0.25, -0.2) is 4.39 Å². The highest BCUT2D eigenvalue weighted by atomic mass is 19.1. The summed E-state index contributed by atoms with van der Waals surface area (Å²) in [6, 6.07) is 14.4. The van der Waals surface area contributed by atoms with Crippen LogP contribution in [-0.2, 0) is 14.3 Å². The molecule has 2 aromatic carbocycles. The zero-order valence-corrected chi connectivity index (χ0v) is 14.6. The van der Waals surface area contributed by atoms with Gasteiger partial charge in [-0.15, -0.1) is 0 Å². The van der Waals surface area contributed by atoms with Crippen LogP contribution in [0.3, 0.4) is 0 Å². The molecule has 0 aliphatic rings. The standard InChI is InChI=1S/C20H22FNO4/c1-2-25-20(24)14-18(15-6-4-3-5-7-15)22-19(23)12-13-26-17-10-8-16(21)9-11-17/h3-11,18H,2,12-14H2,1H3,(H,22,23). The molecule has 1 N–H and O–H groups in total. The summed E-state index contributed by atoms with van der Waals surface area (Å²) in [6.45, 7) is 2.18. The smallest absolute Gasteiger partial charge is 0.308 e. The summed E-state index contributed by atoms with van der Waals surface area (Å²) in [7, 11) is 0. The van der Waals surface area contributed by atoms with Crippen LogP contribution in [0.4, 0.5) is 4.39 Å². The highest BCUT2D eigenvalue weighted by Gasteiger charge is 2.19. The minimum atomic E-state index is -0.464. The molecule has 0 aromatic heterocycles. The van der Waals surface area contributed by atoms with Crippen LogP contribution in [0.2, 0.25) is 0 Å². The van der Waals surface area contributed by atoms with Crippen molar-refractivity contribution in [2.45, 2.75) is 25.8 Å². The second-order valence-electron chi connectivity index (χ2n) is 5.59. The summed E-state index contributed by atoms with van der Waals surface area (Å²) in [5.74, 6) is -0.473. The first-order valence-corrected chi connectivity index (χ1v) is 8.46. The molecular formula is C20H22FNO4. The average molecular weight is 359 g/mol. The normalized spacial score (nSPS) is 11.5. The van der Waals surface area contributed by atoms with E-state index in [4.69, 9.17) is 9.47 Å². The van der Waals surface area contributed by atoms with Gasteiger partial charge in [-0.2, -0.15) is 0 Å². The Kier molecular flexibility index (Phi) is 7.61. The van der Waals surface area contributed by atoms with Crippen molar-refractivity contribution < 1.29 is 23.5 Å². The van der Waals surface area contributed by atoms with Crippen LogP contribution in [0.25, 0.3) is 0 Å². The van der Waals surface area contributed by atoms with Gasteiger partial charge >= 0.3 is 5.97 Å². The Balaban J connectivity index is 1.88. The lowest BCUT2D eigenvalue weighted by Crippen LogP contribution is -2.31. The quantitative estimate of drug-likeness (QED) is 0.697. The van der Waals surface area contributed by atoms with Gasteiger partial charge < -0.3 is 14.8 Å². The van der Waals surface area contributed by atoms with E-state index in [2.05, 4.69) is 5.32 Å². The second kappa shape index (κ2) is 10.2. The third-order valence-corrected chi connectivity index (χ3v) is 3.62. The van der Waals surface area contributed by atoms with Crippen LogP contribution in [-0.4, -0.2) is 25.1 Å². The lowest BCUT2D eigenvalue weighted by atomic mass is 10.0. The van der Waals surface area contributed by atoms with Gasteiger partial charge in [-0.05, 0) is 36.8 Å². The van der Waals surface area contributed by atoms with E-state index < -0.39 is 6.04 Å². The zero-order valence-electron chi connectivity index (χ0n) is 14.6. The van der Waals surface area contributed by atoms with Gasteiger partial charge in [0.25, 0.3) is 0 Å². The van der Waals surface area contributed by atoms with Gasteiger partial charge in [0, 0.05) is 0 Å². The lowest BCUT2D eigenvalue weighted by molar-refractivity contribution is -0.143. The fourth-order valence-corrected chi connectivity index (χ4v) is 2.38. The molecule has 5 nitrogen and oxygen atoms in total. The lowest BCUT2D eigenvalue weighted by Gasteiger charge is -2.18. The van der Waals surface area contributed by atoms with Crippen molar-refractivity contribution in [3.05, 3.63) is 66.0 Å². The zero-order chi connectivity index (χ0) is 18.8. The maximum atomic E-state index is 12.8. The molecule has 0 aliphatic carbocycles. The molecule has 1 atom stereocenters. The minimum Gasteiger partial charge on any atom is -0.493 e. The third kappa shape index (κ3) is 6.55. The summed E-state index contributed by atoms with van der Waals surface area (Å²) in [5.41, 5.74) is 0.827. The van der Waals surface area contributed by atoms with E-state index in [-0.39, 0.29) is 37.1 Å². The summed E-state index contributed by atoms with van der Waals surface area (Å²) in [5, 5.41) is 2.84. The fraction of sp³-hybridized carbons (Fsp3) is 0.300. The van der Waals surface area contributed by atoms with E-state index in [1.807, 2.05) is 30.3 Å². The Hall–Kier alpha value is -2.89. The Morgan fingerprint density at radius 1 is 1.08 bits per heavy atom. The maximum Gasteiger partial charge on any atom is 0.308 e. The first kappa shape index (κ1) is 19.4. The number of hydrogen-bond donors (Lipinski definition) is 1. The van der Waals surface area contributed by atoms with Crippen molar-refractivity contribution in [2.75, 3.05) is 13.2 Å². The van der Waals surface area contributed by atoms with Crippen LogP contribution in [0.5, 0.6) is 5.75 Å². The van der Waals surface area contributed by atoms with Gasteiger partial charge in [0.1, 0.15) is 11.6 Å². The van der Waals surface area contributed by atoms with Gasteiger partial charge in [-0.1, -0.05) is 30.3 Å². The summed E-state index contributed by atoms with van der Waals surface area (Å²) in [4.78, 5) is 24.0. The van der Waals surface area contributed by atoms with E-state index >= 15 is 0 Å². The van der Waals surface area contributed by atoms with Gasteiger partial charge in [0.15, 0.2) is 0 Å². The summed E-state index contributed by atoms with van der Waals surface area (Å²) >= 11 is 0. The molecule has 138 valence electrons. The maximum absolute atomic E-state index is 12.8. The van der Waals surface area contributed by atoms with Crippen molar-refractivity contribution in [1.82, 2.24) is 5.32 Å². The van der Waals surface area contributed by atoms with Crippen LogP contribution in [0.1, 0.15) is 31.4 Å². The van der Waals surface area contributed by atoms with Crippen molar-refractivity contribution in [3.63, 3.8) is 0 Å². The predicted molar refractivity (Wildman–Crippen MR) is 95.1 cm³/mol. The number of rotatable bonds is 9. The number of carbonyl (C=O) groups excluding carboxylic acids is 2. The monoisotopic (exact) mass is 359 g/mol. The summed E-state index contributed by atoms with van der Waals surface area (Å²) < 4.78 is 23.2. The van der Waals surface area contributed by atoms with E-state index in [0.717, 1.165) is 5.56 Å². The molecule has 0 saturated heterocycles. The minimum absolute atomic E-state index is 0.0579. The number of ether oxygens (including phenoxy) is 2. The van der Waals surface area contributed by atoms with E-state index in [1.165, 1.54) is 24.3 Å². The number of hydrogen-bond acceptors (Lipinski definition) is 4. The van der Waals surface area contributed by atoms with E-state index in [0.29, 0.717) is 12.4 Å². The Morgan fingerprint density at radius 3 is 2.42 bits per heavy atom. The first-order chi connectivity index (χ1) is 12.6. The van der Waals surface area contributed by atoms with E-state index in [1.54, 1.807) is 6.92 Å². The Morgan fingerprint density at radius 2 is 1.77 bits per heavy atom. The molecule has 0 aliphatic heterocycles. The molecule has 2 aromatic rings. The second-order valence-corrected chi connectivity index (χ2v) is 5.59. The number of carbonyl (C=O) groups is 2. The molecule has 0 heterocycles. The van der Waals surface area contributed by atoms with Gasteiger partial charge in [-0.3, -0.25) is 9.59 Å². The van der Waals surface area contributed by atoms with Crippen molar-refractivity contribution in [2.24, 2.45) is 0 Å². The van der Waals surface area contributed by atoms with E-state index in [9.17, 15) is 14.0 Å². The van der Waals surface area contributed by atoms with Crippen LogP contribution in [0.15, 0.2) is 54.6 Å². The van der Waals surface area contributed by atoms with Gasteiger partial charge in [0.2, 0.25) is 5.91 Å². The molecule has 6 heteroatoms. The molecule has 1 amide bonds. The van der Waals surface area contributed by atoms with Crippen molar-refractivity contribution in [3.8, 4) is 5.75 Å². The van der Waals surface area contributed by atoms with Crippen LogP contribution in [0, 0.1) is 5.82 Å². The Bertz CT molecular complexity index is 704. The highest BCUT2D eigenvalue weighted by molar-refractivity contribution is 5.78. The van der Waals surface area contributed by atoms with Crippen LogP contribution >= 0.6 is 0 Å². The Labute approximate surface area is 152 Å². The average Bonchev–Trinajstić information content (AvgIpc) is 2.64. The van der Waals surface area contributed by atoms with Crippen molar-refractivity contribution in [1.29, 1.82) is 0 Å². The molecule has 0 spiro atoms. The van der Waals surface area contributed by atoms with Crippen LogP contribution < -0.4 is 10.1 Å².